The first-order valence-corrected chi connectivity index (χ1v) is 10.2. The lowest BCUT2D eigenvalue weighted by atomic mass is 9.70. The molecule has 4 atom stereocenters. The molecular weight excluding hydrogens is 384 g/mol. The van der Waals surface area contributed by atoms with Gasteiger partial charge >= 0.3 is 0 Å². The predicted octanol–water partition coefficient (Wildman–Crippen LogP) is 2.04. The van der Waals surface area contributed by atoms with Gasteiger partial charge in [-0.05, 0) is 25.0 Å². The summed E-state index contributed by atoms with van der Waals surface area (Å²) < 4.78 is 0. The highest BCUT2D eigenvalue weighted by molar-refractivity contribution is 6.11. The van der Waals surface area contributed by atoms with Crippen molar-refractivity contribution < 1.29 is 24.6 Å². The van der Waals surface area contributed by atoms with E-state index in [0.29, 0.717) is 48.2 Å². The molecule has 0 radical (unpaired) electrons. The molecule has 154 valence electrons. The number of nitrogens with one attached hydrogen (secondary N) is 2. The molecule has 1 aliphatic carbocycles. The minimum absolute atomic E-state index is 0.299. The fourth-order valence-corrected chi connectivity index (χ4v) is 5.27. The summed E-state index contributed by atoms with van der Waals surface area (Å²) in [6.45, 7) is 0. The highest BCUT2D eigenvalue weighted by atomic mass is 16.3. The number of ketones is 1. The molecule has 1 saturated carbocycles. The lowest BCUT2D eigenvalue weighted by Crippen LogP contribution is -2.52. The predicted molar refractivity (Wildman–Crippen MR) is 108 cm³/mol. The van der Waals surface area contributed by atoms with Crippen LogP contribution in [0, 0.1) is 11.8 Å². The first-order chi connectivity index (χ1) is 14.4. The Balaban J connectivity index is 1.60. The molecule has 2 heterocycles. The molecule has 2 amide bonds. The molecule has 2 aromatic carbocycles. The topological polar surface area (TPSA) is 116 Å². The summed E-state index contributed by atoms with van der Waals surface area (Å²) in [5.74, 6) is -3.87. The number of hydrogen-bond acceptors (Lipinski definition) is 5. The van der Waals surface area contributed by atoms with Gasteiger partial charge in [-0.1, -0.05) is 49.2 Å². The maximum absolute atomic E-state index is 13.8. The number of amides is 2. The molecule has 0 saturated heterocycles. The van der Waals surface area contributed by atoms with Crippen LogP contribution in [0.1, 0.15) is 36.8 Å². The third-order valence-corrected chi connectivity index (χ3v) is 6.80. The van der Waals surface area contributed by atoms with Crippen LogP contribution >= 0.6 is 0 Å². The number of hydrogen-bond donors (Lipinski definition) is 4. The van der Waals surface area contributed by atoms with Crippen LogP contribution in [0.4, 0.5) is 11.4 Å². The van der Waals surface area contributed by atoms with Crippen LogP contribution in [0.3, 0.4) is 0 Å². The summed E-state index contributed by atoms with van der Waals surface area (Å²) in [4.78, 5) is 39.4. The van der Waals surface area contributed by atoms with Gasteiger partial charge in [-0.25, -0.2) is 0 Å². The molecule has 2 aromatic rings. The largest absolute Gasteiger partial charge is 0.375 e. The van der Waals surface area contributed by atoms with Gasteiger partial charge in [0.1, 0.15) is 5.78 Å². The second kappa shape index (κ2) is 6.48. The summed E-state index contributed by atoms with van der Waals surface area (Å²) in [5, 5.41) is 28.4. The molecule has 0 unspecified atom stereocenters. The lowest BCUT2D eigenvalue weighted by molar-refractivity contribution is -0.159. The normalized spacial score (nSPS) is 32.8. The third kappa shape index (κ3) is 2.36. The molecule has 0 aromatic heterocycles. The lowest BCUT2D eigenvalue weighted by Gasteiger charge is -2.35. The van der Waals surface area contributed by atoms with Gasteiger partial charge in [0.25, 0.3) is 11.8 Å². The summed E-state index contributed by atoms with van der Waals surface area (Å²) in [6, 6.07) is 13.5. The van der Waals surface area contributed by atoms with E-state index in [1.54, 1.807) is 48.5 Å². The van der Waals surface area contributed by atoms with Crippen LogP contribution in [-0.4, -0.2) is 27.8 Å². The van der Waals surface area contributed by atoms with Crippen molar-refractivity contribution in [2.24, 2.45) is 11.8 Å². The van der Waals surface area contributed by atoms with E-state index in [-0.39, 0.29) is 0 Å². The number of rotatable bonds is 2. The van der Waals surface area contributed by atoms with Gasteiger partial charge < -0.3 is 20.8 Å². The van der Waals surface area contributed by atoms with E-state index >= 15 is 0 Å². The molecule has 4 N–H and O–H groups in total. The molecule has 0 bridgehead atoms. The number of fused-ring (bicyclic) bond motifs is 2. The van der Waals surface area contributed by atoms with E-state index in [1.807, 2.05) is 0 Å². The molecule has 1 fully saturated rings. The molecule has 5 rings (SSSR count). The second-order valence-corrected chi connectivity index (χ2v) is 8.32. The van der Waals surface area contributed by atoms with Crippen LogP contribution in [0.15, 0.2) is 48.5 Å². The molecule has 30 heavy (non-hydrogen) atoms. The summed E-state index contributed by atoms with van der Waals surface area (Å²) in [6.07, 6.45) is 1.80. The number of anilines is 2. The summed E-state index contributed by atoms with van der Waals surface area (Å²) in [7, 11) is 0. The van der Waals surface area contributed by atoms with E-state index in [1.165, 1.54) is 0 Å². The van der Waals surface area contributed by atoms with Crippen molar-refractivity contribution in [3.05, 3.63) is 59.7 Å². The minimum Gasteiger partial charge on any atom is -0.375 e. The Kier molecular flexibility index (Phi) is 4.10. The Morgan fingerprint density at radius 1 is 0.700 bits per heavy atom. The zero-order valence-corrected chi connectivity index (χ0v) is 16.2. The number of carbonyl (C=O) groups is 3. The standard InChI is InChI=1S/C23H22N2O5/c26-19-15(22(29)13-7-3-5-11-17(13)24-20(22)27)9-1-2-10-16(19)23(30)14-8-4-6-12-18(14)25-21(23)28/h3-8,11-12,15-16,29-30H,1-2,9-10H2,(H,24,27)(H,25,28)/t15-,16+,22-,23-/m1/s1. The first kappa shape index (κ1) is 19.0. The number of benzene rings is 2. The van der Waals surface area contributed by atoms with Crippen LogP contribution in [-0.2, 0) is 25.6 Å². The average molecular weight is 406 g/mol. The van der Waals surface area contributed by atoms with Gasteiger partial charge in [0.15, 0.2) is 11.2 Å². The quantitative estimate of drug-likeness (QED) is 0.570. The number of Topliss-reactive ketones (excluding diaryl/α,β-unsaturated/α-hetero) is 1. The Bertz CT molecular complexity index is 999. The van der Waals surface area contributed by atoms with Crippen LogP contribution < -0.4 is 10.6 Å². The van der Waals surface area contributed by atoms with E-state index in [2.05, 4.69) is 10.6 Å². The maximum atomic E-state index is 13.8. The van der Waals surface area contributed by atoms with Crippen molar-refractivity contribution in [1.82, 2.24) is 0 Å². The van der Waals surface area contributed by atoms with Crippen molar-refractivity contribution >= 4 is 29.0 Å². The molecule has 7 nitrogen and oxygen atoms in total. The molecule has 7 heteroatoms. The van der Waals surface area contributed by atoms with Crippen LogP contribution in [0.25, 0.3) is 0 Å². The highest BCUT2D eigenvalue weighted by Gasteiger charge is 2.60. The van der Waals surface area contributed by atoms with Gasteiger partial charge in [-0.2, -0.15) is 0 Å². The Morgan fingerprint density at radius 3 is 1.53 bits per heavy atom. The zero-order chi connectivity index (χ0) is 21.1. The van der Waals surface area contributed by atoms with Crippen molar-refractivity contribution in [1.29, 1.82) is 0 Å². The third-order valence-electron chi connectivity index (χ3n) is 6.80. The van der Waals surface area contributed by atoms with Crippen molar-refractivity contribution in [3.8, 4) is 0 Å². The van der Waals surface area contributed by atoms with Crippen molar-refractivity contribution in [2.75, 3.05) is 10.6 Å². The second-order valence-electron chi connectivity index (χ2n) is 8.32. The number of carbonyl (C=O) groups excluding carboxylic acids is 3. The van der Waals surface area contributed by atoms with Gasteiger partial charge in [0.2, 0.25) is 0 Å². The average Bonchev–Trinajstić information content (AvgIpc) is 3.04. The Labute approximate surface area is 173 Å². The molecular formula is C23H22N2O5. The highest BCUT2D eigenvalue weighted by Crippen LogP contribution is 2.50. The summed E-state index contributed by atoms with van der Waals surface area (Å²) in [5.41, 5.74) is -2.39. The van der Waals surface area contributed by atoms with Gasteiger partial charge in [0, 0.05) is 22.5 Å². The number of aliphatic hydroxyl groups is 2. The monoisotopic (exact) mass is 406 g/mol. The van der Waals surface area contributed by atoms with Crippen LogP contribution in [0.2, 0.25) is 0 Å². The fraction of sp³-hybridized carbons (Fsp3) is 0.348. The summed E-state index contributed by atoms with van der Waals surface area (Å²) >= 11 is 0. The van der Waals surface area contributed by atoms with E-state index < -0.39 is 40.6 Å². The fourth-order valence-electron chi connectivity index (χ4n) is 5.27. The van der Waals surface area contributed by atoms with Gasteiger partial charge in [-0.3, -0.25) is 14.4 Å². The van der Waals surface area contributed by atoms with Crippen molar-refractivity contribution in [2.45, 2.75) is 36.9 Å². The molecule has 3 aliphatic rings. The number of para-hydroxylation sites is 2. The van der Waals surface area contributed by atoms with E-state index in [9.17, 15) is 24.6 Å². The molecule has 0 spiro atoms. The molecule has 2 aliphatic heterocycles. The van der Waals surface area contributed by atoms with Crippen LogP contribution in [0.5, 0.6) is 0 Å². The Hall–Kier alpha value is -3.03. The smallest absolute Gasteiger partial charge is 0.261 e. The SMILES string of the molecule is O=C1[C@H]([C@@]2(O)C(=O)Nc3ccccc32)CCCC[C@@H]1[C@@]1(O)C(=O)Nc2ccccc21. The van der Waals surface area contributed by atoms with E-state index in [4.69, 9.17) is 0 Å². The Morgan fingerprint density at radius 2 is 1.10 bits per heavy atom. The van der Waals surface area contributed by atoms with Crippen molar-refractivity contribution in [3.63, 3.8) is 0 Å². The zero-order valence-electron chi connectivity index (χ0n) is 16.2. The van der Waals surface area contributed by atoms with Gasteiger partial charge in [0.05, 0.1) is 11.8 Å². The maximum Gasteiger partial charge on any atom is 0.261 e. The van der Waals surface area contributed by atoms with Gasteiger partial charge in [-0.15, -0.1) is 0 Å². The van der Waals surface area contributed by atoms with E-state index in [0.717, 1.165) is 0 Å². The first-order valence-electron chi connectivity index (χ1n) is 10.2. The minimum atomic E-state index is -2.03.